The fourth-order valence-corrected chi connectivity index (χ4v) is 1.36. The molecule has 0 atom stereocenters. The molecule has 0 unspecified atom stereocenters. The van der Waals surface area contributed by atoms with Crippen LogP contribution in [0, 0.1) is 0 Å². The highest BCUT2D eigenvalue weighted by atomic mass is 19.4. The number of aliphatic hydroxyl groups is 1. The van der Waals surface area contributed by atoms with E-state index in [-0.39, 0.29) is 6.61 Å². The smallest absolute Gasteiger partial charge is 0.396 e. The van der Waals surface area contributed by atoms with Gasteiger partial charge in [0.25, 0.3) is 0 Å². The highest BCUT2D eigenvalue weighted by molar-refractivity contribution is 5.03. The molecule has 0 radical (unpaired) electrons. The monoisotopic (exact) mass is 251 g/mol. The minimum atomic E-state index is -4.24. The van der Waals surface area contributed by atoms with Crippen LogP contribution in [-0.4, -0.2) is 34.2 Å². The van der Waals surface area contributed by atoms with Crippen molar-refractivity contribution in [3.05, 3.63) is 18.0 Å². The summed E-state index contributed by atoms with van der Waals surface area (Å²) >= 11 is 0. The summed E-state index contributed by atoms with van der Waals surface area (Å²) in [5, 5.41) is 15.2. The summed E-state index contributed by atoms with van der Waals surface area (Å²) in [5.74, 6) is 0. The molecule has 0 spiro atoms. The van der Waals surface area contributed by atoms with Crippen molar-refractivity contribution in [1.29, 1.82) is 0 Å². The second-order valence-electron chi connectivity index (χ2n) is 3.77. The van der Waals surface area contributed by atoms with Crippen LogP contribution in [0.1, 0.15) is 18.4 Å². The Kier molecular flexibility index (Phi) is 5.43. The topological polar surface area (TPSA) is 50.1 Å². The van der Waals surface area contributed by atoms with E-state index < -0.39 is 12.7 Å². The number of unbranched alkanes of at least 4 members (excludes halogenated alkanes) is 1. The molecule has 0 saturated heterocycles. The van der Waals surface area contributed by atoms with Crippen molar-refractivity contribution in [2.45, 2.75) is 32.1 Å². The SMILES string of the molecule is OCCCCNCc1cnn(CC(F)(F)F)c1. The number of halogens is 3. The predicted molar refractivity (Wildman–Crippen MR) is 56.3 cm³/mol. The van der Waals surface area contributed by atoms with Gasteiger partial charge in [-0.15, -0.1) is 0 Å². The molecule has 1 aromatic heterocycles. The molecular weight excluding hydrogens is 235 g/mol. The summed E-state index contributed by atoms with van der Waals surface area (Å²) in [5.41, 5.74) is 0.721. The van der Waals surface area contributed by atoms with Crippen LogP contribution < -0.4 is 5.32 Å². The average molecular weight is 251 g/mol. The lowest BCUT2D eigenvalue weighted by molar-refractivity contribution is -0.142. The fraction of sp³-hybridized carbons (Fsp3) is 0.700. The van der Waals surface area contributed by atoms with Crippen molar-refractivity contribution in [2.24, 2.45) is 0 Å². The standard InChI is InChI=1S/C10H16F3N3O/c11-10(12,13)8-16-7-9(6-15-16)5-14-3-1-2-4-17/h6-7,14,17H,1-5,8H2. The van der Waals surface area contributed by atoms with E-state index >= 15 is 0 Å². The molecule has 0 amide bonds. The molecule has 1 aromatic rings. The molecule has 4 nitrogen and oxygen atoms in total. The molecule has 2 N–H and O–H groups in total. The quantitative estimate of drug-likeness (QED) is 0.718. The van der Waals surface area contributed by atoms with E-state index in [0.29, 0.717) is 6.54 Å². The van der Waals surface area contributed by atoms with E-state index in [1.807, 2.05) is 0 Å². The van der Waals surface area contributed by atoms with Crippen LogP contribution in [0.2, 0.25) is 0 Å². The molecule has 1 rings (SSSR count). The van der Waals surface area contributed by atoms with Crippen molar-refractivity contribution in [2.75, 3.05) is 13.2 Å². The van der Waals surface area contributed by atoms with Gasteiger partial charge in [-0.25, -0.2) is 0 Å². The van der Waals surface area contributed by atoms with E-state index in [0.717, 1.165) is 29.6 Å². The number of aromatic nitrogens is 2. The van der Waals surface area contributed by atoms with Crippen LogP contribution in [0.15, 0.2) is 12.4 Å². The Morgan fingerprint density at radius 3 is 2.76 bits per heavy atom. The van der Waals surface area contributed by atoms with Crippen LogP contribution in [0.5, 0.6) is 0 Å². The van der Waals surface area contributed by atoms with Crippen LogP contribution in [0.25, 0.3) is 0 Å². The minimum Gasteiger partial charge on any atom is -0.396 e. The zero-order valence-electron chi connectivity index (χ0n) is 9.37. The third-order valence-electron chi connectivity index (χ3n) is 2.12. The molecule has 0 fully saturated rings. The van der Waals surface area contributed by atoms with Gasteiger partial charge in [0.1, 0.15) is 6.54 Å². The first-order valence-electron chi connectivity index (χ1n) is 5.41. The molecular formula is C10H16F3N3O. The molecule has 0 bridgehead atoms. The minimum absolute atomic E-state index is 0.158. The lowest BCUT2D eigenvalue weighted by Crippen LogP contribution is -2.18. The van der Waals surface area contributed by atoms with Crippen LogP contribution in [0.3, 0.4) is 0 Å². The largest absolute Gasteiger partial charge is 0.408 e. The zero-order valence-corrected chi connectivity index (χ0v) is 9.37. The van der Waals surface area contributed by atoms with E-state index in [1.165, 1.54) is 12.4 Å². The Hall–Kier alpha value is -1.08. The third-order valence-corrected chi connectivity index (χ3v) is 2.12. The highest BCUT2D eigenvalue weighted by Crippen LogP contribution is 2.16. The maximum atomic E-state index is 12.0. The number of hydrogen-bond acceptors (Lipinski definition) is 3. The number of nitrogens with zero attached hydrogens (tertiary/aromatic N) is 2. The van der Waals surface area contributed by atoms with Gasteiger partial charge < -0.3 is 10.4 Å². The molecule has 1 heterocycles. The summed E-state index contributed by atoms with van der Waals surface area (Å²) in [4.78, 5) is 0. The second kappa shape index (κ2) is 6.61. The van der Waals surface area contributed by atoms with Gasteiger partial charge in [0, 0.05) is 24.9 Å². The van der Waals surface area contributed by atoms with Gasteiger partial charge in [-0.1, -0.05) is 0 Å². The number of alkyl halides is 3. The molecule has 98 valence electrons. The van der Waals surface area contributed by atoms with E-state index in [1.54, 1.807) is 0 Å². The van der Waals surface area contributed by atoms with Crippen molar-refractivity contribution >= 4 is 0 Å². The first-order valence-corrected chi connectivity index (χ1v) is 5.41. The molecule has 0 aliphatic carbocycles. The fourth-order valence-electron chi connectivity index (χ4n) is 1.36. The van der Waals surface area contributed by atoms with Crippen LogP contribution in [0.4, 0.5) is 13.2 Å². The van der Waals surface area contributed by atoms with Gasteiger partial charge in [-0.3, -0.25) is 4.68 Å². The molecule has 7 heteroatoms. The number of rotatable bonds is 7. The average Bonchev–Trinajstić information content (AvgIpc) is 2.63. The van der Waals surface area contributed by atoms with Gasteiger partial charge in [-0.05, 0) is 19.4 Å². The van der Waals surface area contributed by atoms with Gasteiger partial charge in [0.15, 0.2) is 0 Å². The number of hydrogen-bond donors (Lipinski definition) is 2. The van der Waals surface area contributed by atoms with Crippen molar-refractivity contribution in [1.82, 2.24) is 15.1 Å². The Morgan fingerprint density at radius 2 is 2.12 bits per heavy atom. The van der Waals surface area contributed by atoms with E-state index in [4.69, 9.17) is 5.11 Å². The lowest BCUT2D eigenvalue weighted by Gasteiger charge is -2.05. The summed E-state index contributed by atoms with van der Waals surface area (Å²) in [6.45, 7) is 0.316. The Bertz CT molecular complexity index is 325. The van der Waals surface area contributed by atoms with Gasteiger partial charge in [0.2, 0.25) is 0 Å². The Labute approximate surface area is 97.4 Å². The lowest BCUT2D eigenvalue weighted by atomic mass is 10.3. The Morgan fingerprint density at radius 1 is 1.35 bits per heavy atom. The first-order chi connectivity index (χ1) is 8.01. The van der Waals surface area contributed by atoms with Gasteiger partial charge >= 0.3 is 6.18 Å². The zero-order chi connectivity index (χ0) is 12.7. The van der Waals surface area contributed by atoms with Crippen molar-refractivity contribution in [3.8, 4) is 0 Å². The Balaban J connectivity index is 2.26. The molecule has 17 heavy (non-hydrogen) atoms. The van der Waals surface area contributed by atoms with E-state index in [9.17, 15) is 13.2 Å². The summed E-state index contributed by atoms with van der Waals surface area (Å²) in [6.07, 6.45) is 0.128. The molecule has 0 saturated carbocycles. The number of aliphatic hydroxyl groups excluding tert-OH is 1. The summed E-state index contributed by atoms with van der Waals surface area (Å²) < 4.78 is 37.0. The second-order valence-corrected chi connectivity index (χ2v) is 3.77. The van der Waals surface area contributed by atoms with Crippen molar-refractivity contribution in [3.63, 3.8) is 0 Å². The summed E-state index contributed by atoms with van der Waals surface area (Å²) in [7, 11) is 0. The third kappa shape index (κ3) is 6.28. The van der Waals surface area contributed by atoms with Crippen molar-refractivity contribution < 1.29 is 18.3 Å². The molecule has 0 aromatic carbocycles. The highest BCUT2D eigenvalue weighted by Gasteiger charge is 2.28. The van der Waals surface area contributed by atoms with Crippen LogP contribution >= 0.6 is 0 Å². The molecule has 0 aliphatic rings. The maximum Gasteiger partial charge on any atom is 0.408 e. The van der Waals surface area contributed by atoms with Gasteiger partial charge in [-0.2, -0.15) is 18.3 Å². The van der Waals surface area contributed by atoms with Crippen LogP contribution in [-0.2, 0) is 13.1 Å². The summed E-state index contributed by atoms with van der Waals surface area (Å²) in [6, 6.07) is 0. The maximum absolute atomic E-state index is 12.0. The van der Waals surface area contributed by atoms with Gasteiger partial charge in [0.05, 0.1) is 6.20 Å². The predicted octanol–water partition coefficient (Wildman–Crippen LogP) is 1.31. The first kappa shape index (κ1) is 14.0. The van der Waals surface area contributed by atoms with E-state index in [2.05, 4.69) is 10.4 Å². The molecule has 0 aliphatic heterocycles. The number of nitrogens with one attached hydrogen (secondary N) is 1. The normalized spacial score (nSPS) is 12.0.